The van der Waals surface area contributed by atoms with Crippen molar-refractivity contribution in [3.05, 3.63) is 26.9 Å². The van der Waals surface area contributed by atoms with Crippen LogP contribution >= 0.6 is 27.5 Å². The molecule has 3 N–H and O–H groups in total. The molecule has 0 saturated heterocycles. The molecular weight excluding hydrogens is 328 g/mol. The second kappa shape index (κ2) is 6.56. The number of aryl methyl sites for hydroxylation is 2. The summed E-state index contributed by atoms with van der Waals surface area (Å²) in [6.45, 7) is 5.01. The lowest BCUT2D eigenvalue weighted by Gasteiger charge is -2.14. The van der Waals surface area contributed by atoms with Gasteiger partial charge in [-0.2, -0.15) is 5.10 Å². The topological polar surface area (TPSA) is 81.7 Å². The van der Waals surface area contributed by atoms with Crippen molar-refractivity contribution in [1.82, 2.24) is 24.8 Å². The van der Waals surface area contributed by atoms with Crippen LogP contribution in [0, 0.1) is 0 Å². The highest BCUT2D eigenvalue weighted by atomic mass is 79.9. The molecule has 1 unspecified atom stereocenters. The standard InChI is InChI=1S/C11H17BrN6S/c1-3-7-11(12)10(18(4-2)16-7)5-8(14-13)9-6-19-17-15-9/h6,8,14H,3-5,13H2,1-2H3. The average Bonchev–Trinajstić information content (AvgIpc) is 3.04. The van der Waals surface area contributed by atoms with Crippen LogP contribution in [0.2, 0.25) is 0 Å². The van der Waals surface area contributed by atoms with E-state index >= 15 is 0 Å². The Balaban J connectivity index is 2.29. The number of hydrazine groups is 1. The maximum absolute atomic E-state index is 5.63. The minimum absolute atomic E-state index is 0.0539. The van der Waals surface area contributed by atoms with E-state index < -0.39 is 0 Å². The van der Waals surface area contributed by atoms with Gasteiger partial charge in [0.15, 0.2) is 0 Å². The Morgan fingerprint density at radius 2 is 2.32 bits per heavy atom. The Morgan fingerprint density at radius 3 is 2.84 bits per heavy atom. The lowest BCUT2D eigenvalue weighted by molar-refractivity contribution is 0.505. The van der Waals surface area contributed by atoms with Crippen molar-refractivity contribution in [1.29, 1.82) is 0 Å². The zero-order valence-corrected chi connectivity index (χ0v) is 13.3. The Morgan fingerprint density at radius 1 is 1.53 bits per heavy atom. The van der Waals surface area contributed by atoms with E-state index in [0.717, 1.165) is 40.9 Å². The molecule has 2 heterocycles. The van der Waals surface area contributed by atoms with Crippen molar-refractivity contribution in [2.45, 2.75) is 39.3 Å². The van der Waals surface area contributed by atoms with Gasteiger partial charge in [0.25, 0.3) is 0 Å². The maximum Gasteiger partial charge on any atom is 0.0942 e. The fourth-order valence-corrected chi connectivity index (χ4v) is 3.21. The number of nitrogens with one attached hydrogen (secondary N) is 1. The van der Waals surface area contributed by atoms with Crippen molar-refractivity contribution in [2.24, 2.45) is 5.84 Å². The zero-order chi connectivity index (χ0) is 13.8. The van der Waals surface area contributed by atoms with Gasteiger partial charge in [0, 0.05) is 18.3 Å². The summed E-state index contributed by atoms with van der Waals surface area (Å²) in [6, 6.07) is -0.0539. The predicted molar refractivity (Wildman–Crippen MR) is 78.7 cm³/mol. The Bertz CT molecular complexity index is 524. The highest BCUT2D eigenvalue weighted by Gasteiger charge is 2.20. The summed E-state index contributed by atoms with van der Waals surface area (Å²) >= 11 is 4.97. The molecule has 2 aromatic rings. The van der Waals surface area contributed by atoms with Crippen molar-refractivity contribution >= 4 is 27.5 Å². The highest BCUT2D eigenvalue weighted by Crippen LogP contribution is 2.26. The van der Waals surface area contributed by atoms with Crippen molar-refractivity contribution in [3.8, 4) is 0 Å². The molecule has 2 rings (SSSR count). The molecule has 2 aromatic heterocycles. The first-order chi connectivity index (χ1) is 9.21. The number of rotatable bonds is 6. The molecule has 0 aromatic carbocycles. The van der Waals surface area contributed by atoms with Crippen molar-refractivity contribution in [3.63, 3.8) is 0 Å². The van der Waals surface area contributed by atoms with Crippen LogP contribution in [0.15, 0.2) is 9.85 Å². The third-order valence-electron chi connectivity index (χ3n) is 3.03. The minimum atomic E-state index is -0.0539. The van der Waals surface area contributed by atoms with Gasteiger partial charge in [-0.25, -0.2) is 0 Å². The Labute approximate surface area is 124 Å². The molecule has 104 valence electrons. The maximum atomic E-state index is 5.63. The Kier molecular flexibility index (Phi) is 5.03. The van der Waals surface area contributed by atoms with Crippen LogP contribution < -0.4 is 11.3 Å². The SMILES string of the molecule is CCc1nn(CC)c(CC(NN)c2csnn2)c1Br. The number of hydrogen-bond donors (Lipinski definition) is 2. The van der Waals surface area contributed by atoms with Gasteiger partial charge in [0.05, 0.1) is 27.6 Å². The van der Waals surface area contributed by atoms with Gasteiger partial charge in [0.2, 0.25) is 0 Å². The van der Waals surface area contributed by atoms with E-state index in [0.29, 0.717) is 0 Å². The van der Waals surface area contributed by atoms with Crippen molar-refractivity contribution < 1.29 is 0 Å². The number of hydrogen-bond acceptors (Lipinski definition) is 6. The number of nitrogens with zero attached hydrogens (tertiary/aromatic N) is 4. The summed E-state index contributed by atoms with van der Waals surface area (Å²) in [5.74, 6) is 5.63. The lowest BCUT2D eigenvalue weighted by atomic mass is 10.1. The number of halogens is 1. The van der Waals surface area contributed by atoms with E-state index in [-0.39, 0.29) is 6.04 Å². The molecule has 0 saturated carbocycles. The molecule has 0 spiro atoms. The van der Waals surface area contributed by atoms with Gasteiger partial charge in [-0.15, -0.1) is 5.10 Å². The van der Waals surface area contributed by atoms with E-state index in [4.69, 9.17) is 5.84 Å². The average molecular weight is 345 g/mol. The van der Waals surface area contributed by atoms with Crippen LogP contribution in [-0.2, 0) is 19.4 Å². The zero-order valence-electron chi connectivity index (χ0n) is 10.9. The first-order valence-electron chi connectivity index (χ1n) is 6.18. The molecule has 1 atom stereocenters. The van der Waals surface area contributed by atoms with Gasteiger partial charge in [-0.05, 0) is 40.8 Å². The summed E-state index contributed by atoms with van der Waals surface area (Å²) in [4.78, 5) is 0. The second-order valence-electron chi connectivity index (χ2n) is 4.13. The largest absolute Gasteiger partial charge is 0.271 e. The summed E-state index contributed by atoms with van der Waals surface area (Å²) in [5.41, 5.74) is 5.87. The molecule has 0 radical (unpaired) electrons. The monoisotopic (exact) mass is 344 g/mol. The van der Waals surface area contributed by atoms with Crippen LogP contribution in [0.25, 0.3) is 0 Å². The van der Waals surface area contributed by atoms with Gasteiger partial charge in [-0.3, -0.25) is 16.0 Å². The Hall–Kier alpha value is -0.830. The van der Waals surface area contributed by atoms with Crippen LogP contribution in [0.5, 0.6) is 0 Å². The summed E-state index contributed by atoms with van der Waals surface area (Å²) in [6.07, 6.45) is 1.63. The molecule has 8 heteroatoms. The van der Waals surface area contributed by atoms with Crippen molar-refractivity contribution in [2.75, 3.05) is 0 Å². The quantitative estimate of drug-likeness (QED) is 0.617. The molecule has 19 heavy (non-hydrogen) atoms. The molecule has 6 nitrogen and oxygen atoms in total. The van der Waals surface area contributed by atoms with Crippen LogP contribution in [0.3, 0.4) is 0 Å². The smallest absolute Gasteiger partial charge is 0.0942 e. The first kappa shape index (κ1) is 14.6. The van der Waals surface area contributed by atoms with Gasteiger partial charge in [-0.1, -0.05) is 11.4 Å². The summed E-state index contributed by atoms with van der Waals surface area (Å²) in [5, 5.41) is 10.6. The normalized spacial score (nSPS) is 12.8. The molecule has 0 aliphatic rings. The molecule has 0 aliphatic heterocycles. The highest BCUT2D eigenvalue weighted by molar-refractivity contribution is 9.10. The van der Waals surface area contributed by atoms with E-state index in [9.17, 15) is 0 Å². The third-order valence-corrected chi connectivity index (χ3v) is 4.46. The minimum Gasteiger partial charge on any atom is -0.271 e. The van der Waals surface area contributed by atoms with E-state index in [1.54, 1.807) is 0 Å². The summed E-state index contributed by atoms with van der Waals surface area (Å²) in [7, 11) is 0. The second-order valence-corrected chi connectivity index (χ2v) is 5.53. The van der Waals surface area contributed by atoms with Crippen LogP contribution in [0.1, 0.15) is 37.0 Å². The molecule has 0 bridgehead atoms. The van der Waals surface area contributed by atoms with Gasteiger partial charge >= 0.3 is 0 Å². The third kappa shape index (κ3) is 3.02. The number of aromatic nitrogens is 4. The molecule has 0 aliphatic carbocycles. The van der Waals surface area contributed by atoms with Gasteiger partial charge < -0.3 is 0 Å². The summed E-state index contributed by atoms with van der Waals surface area (Å²) < 4.78 is 6.96. The predicted octanol–water partition coefficient (Wildman–Crippen LogP) is 1.83. The lowest BCUT2D eigenvalue weighted by Crippen LogP contribution is -2.30. The van der Waals surface area contributed by atoms with Gasteiger partial charge in [0.1, 0.15) is 0 Å². The van der Waals surface area contributed by atoms with E-state index in [2.05, 4.69) is 49.9 Å². The van der Waals surface area contributed by atoms with Crippen LogP contribution in [-0.4, -0.2) is 19.4 Å². The van der Waals surface area contributed by atoms with E-state index in [1.165, 1.54) is 11.5 Å². The van der Waals surface area contributed by atoms with Crippen LogP contribution in [0.4, 0.5) is 0 Å². The van der Waals surface area contributed by atoms with E-state index in [1.807, 2.05) is 10.1 Å². The number of nitrogens with two attached hydrogens (primary N) is 1. The fraction of sp³-hybridized carbons (Fsp3) is 0.545. The first-order valence-corrected chi connectivity index (χ1v) is 7.81. The molecule has 0 amide bonds. The molecular formula is C11H17BrN6S. The fourth-order valence-electron chi connectivity index (χ4n) is 1.98. The molecule has 0 fully saturated rings.